The van der Waals surface area contributed by atoms with E-state index >= 15 is 0 Å². The molecule has 4 rings (SSSR count). The molecule has 0 radical (unpaired) electrons. The number of rotatable bonds is 6. The molecule has 2 aliphatic rings. The maximum atomic E-state index is 14.8. The molecule has 28 heavy (non-hydrogen) atoms. The van der Waals surface area contributed by atoms with Crippen LogP contribution in [0.2, 0.25) is 0 Å². The topological polar surface area (TPSA) is 9.23 Å². The SMILES string of the molecule is CCCOc1cc2c(c(F)c1F)-c1ccc(C3CCC(CCC)CC3)cc1C2. The highest BCUT2D eigenvalue weighted by Crippen LogP contribution is 2.44. The minimum Gasteiger partial charge on any atom is -0.490 e. The lowest BCUT2D eigenvalue weighted by atomic mass is 9.77. The zero-order valence-corrected chi connectivity index (χ0v) is 17.0. The van der Waals surface area contributed by atoms with E-state index < -0.39 is 11.6 Å². The summed E-state index contributed by atoms with van der Waals surface area (Å²) in [4.78, 5) is 0. The van der Waals surface area contributed by atoms with Crippen molar-refractivity contribution in [1.82, 2.24) is 0 Å². The zero-order valence-electron chi connectivity index (χ0n) is 17.0. The first-order valence-corrected chi connectivity index (χ1v) is 10.9. The van der Waals surface area contributed by atoms with Crippen LogP contribution in [-0.4, -0.2) is 6.61 Å². The minimum atomic E-state index is -0.863. The van der Waals surface area contributed by atoms with Gasteiger partial charge in [0.25, 0.3) is 0 Å². The molecule has 0 amide bonds. The van der Waals surface area contributed by atoms with E-state index in [1.54, 1.807) is 6.07 Å². The van der Waals surface area contributed by atoms with Gasteiger partial charge in [0.2, 0.25) is 5.82 Å². The number of halogens is 2. The van der Waals surface area contributed by atoms with E-state index in [2.05, 4.69) is 19.1 Å². The van der Waals surface area contributed by atoms with Gasteiger partial charge < -0.3 is 4.74 Å². The summed E-state index contributed by atoms with van der Waals surface area (Å²) in [5.41, 5.74) is 4.59. The van der Waals surface area contributed by atoms with Crippen LogP contribution in [0.4, 0.5) is 8.78 Å². The Hall–Kier alpha value is -1.90. The average molecular weight is 385 g/mol. The third-order valence-corrected chi connectivity index (χ3v) is 6.51. The van der Waals surface area contributed by atoms with E-state index in [-0.39, 0.29) is 5.75 Å². The molecule has 2 aromatic carbocycles. The fourth-order valence-corrected chi connectivity index (χ4v) is 5.06. The predicted molar refractivity (Wildman–Crippen MR) is 110 cm³/mol. The molecule has 0 saturated heterocycles. The third-order valence-electron chi connectivity index (χ3n) is 6.51. The molecular weight excluding hydrogens is 354 g/mol. The fourth-order valence-electron chi connectivity index (χ4n) is 5.06. The van der Waals surface area contributed by atoms with E-state index in [9.17, 15) is 8.78 Å². The Morgan fingerprint density at radius 3 is 2.43 bits per heavy atom. The highest BCUT2D eigenvalue weighted by Gasteiger charge is 2.29. The molecule has 3 heteroatoms. The van der Waals surface area contributed by atoms with Crippen LogP contribution in [0, 0.1) is 17.6 Å². The third kappa shape index (κ3) is 3.56. The van der Waals surface area contributed by atoms with Crippen LogP contribution in [0.5, 0.6) is 5.75 Å². The van der Waals surface area contributed by atoms with E-state index in [0.717, 1.165) is 29.0 Å². The summed E-state index contributed by atoms with van der Waals surface area (Å²) in [5.74, 6) is -0.0976. The van der Waals surface area contributed by atoms with Gasteiger partial charge in [-0.05, 0) is 78.7 Å². The highest BCUT2D eigenvalue weighted by molar-refractivity contribution is 5.78. The Kier molecular flexibility index (Phi) is 5.70. The van der Waals surface area contributed by atoms with Crippen molar-refractivity contribution in [3.63, 3.8) is 0 Å². The maximum Gasteiger partial charge on any atom is 0.201 e. The van der Waals surface area contributed by atoms with Gasteiger partial charge >= 0.3 is 0 Å². The van der Waals surface area contributed by atoms with Crippen LogP contribution in [0.15, 0.2) is 24.3 Å². The normalized spacial score (nSPS) is 20.7. The number of benzene rings is 2. The fraction of sp³-hybridized carbons (Fsp3) is 0.520. The van der Waals surface area contributed by atoms with Gasteiger partial charge in [0.05, 0.1) is 6.61 Å². The molecule has 0 bridgehead atoms. The van der Waals surface area contributed by atoms with Crippen molar-refractivity contribution in [3.8, 4) is 16.9 Å². The van der Waals surface area contributed by atoms with Crippen molar-refractivity contribution < 1.29 is 13.5 Å². The van der Waals surface area contributed by atoms with Crippen molar-refractivity contribution in [2.75, 3.05) is 6.61 Å². The Morgan fingerprint density at radius 2 is 1.71 bits per heavy atom. The first-order chi connectivity index (χ1) is 13.6. The quantitative estimate of drug-likeness (QED) is 0.430. The van der Waals surface area contributed by atoms with Crippen LogP contribution in [0.25, 0.3) is 11.1 Å². The number of ether oxygens (including phenoxy) is 1. The van der Waals surface area contributed by atoms with Gasteiger partial charge in [-0.1, -0.05) is 44.9 Å². The molecule has 0 aromatic heterocycles. The van der Waals surface area contributed by atoms with Gasteiger partial charge in [-0.2, -0.15) is 4.39 Å². The van der Waals surface area contributed by atoms with Gasteiger partial charge in [-0.3, -0.25) is 0 Å². The Labute approximate surface area is 167 Å². The van der Waals surface area contributed by atoms with Crippen molar-refractivity contribution in [2.45, 2.75) is 71.1 Å². The highest BCUT2D eigenvalue weighted by atomic mass is 19.2. The Bertz CT molecular complexity index is 850. The van der Waals surface area contributed by atoms with Crippen molar-refractivity contribution in [1.29, 1.82) is 0 Å². The van der Waals surface area contributed by atoms with Gasteiger partial charge in [0.15, 0.2) is 11.6 Å². The molecular formula is C25H30F2O. The average Bonchev–Trinajstić information content (AvgIpc) is 3.08. The zero-order chi connectivity index (χ0) is 19.7. The first kappa shape index (κ1) is 19.4. The number of fused-ring (bicyclic) bond motifs is 3. The molecule has 0 spiro atoms. The second kappa shape index (κ2) is 8.23. The second-order valence-electron chi connectivity index (χ2n) is 8.48. The summed E-state index contributed by atoms with van der Waals surface area (Å²) in [6.45, 7) is 4.62. The smallest absolute Gasteiger partial charge is 0.201 e. The summed E-state index contributed by atoms with van der Waals surface area (Å²) < 4.78 is 34.7. The van der Waals surface area contributed by atoms with Crippen molar-refractivity contribution in [3.05, 3.63) is 52.6 Å². The molecule has 0 heterocycles. The lowest BCUT2D eigenvalue weighted by Gasteiger charge is -2.29. The van der Waals surface area contributed by atoms with E-state index in [1.807, 2.05) is 13.0 Å². The molecule has 0 N–H and O–H groups in total. The van der Waals surface area contributed by atoms with Crippen LogP contribution in [-0.2, 0) is 6.42 Å². The largest absolute Gasteiger partial charge is 0.490 e. The monoisotopic (exact) mass is 384 g/mol. The number of hydrogen-bond donors (Lipinski definition) is 0. The first-order valence-electron chi connectivity index (χ1n) is 10.9. The Morgan fingerprint density at radius 1 is 0.929 bits per heavy atom. The molecule has 1 fully saturated rings. The van der Waals surface area contributed by atoms with Crippen LogP contribution in [0.1, 0.15) is 81.4 Å². The summed E-state index contributed by atoms with van der Waals surface area (Å²) in [6.07, 6.45) is 9.16. The summed E-state index contributed by atoms with van der Waals surface area (Å²) in [6, 6.07) is 8.07. The van der Waals surface area contributed by atoms with Crippen LogP contribution in [0.3, 0.4) is 0 Å². The van der Waals surface area contributed by atoms with E-state index in [0.29, 0.717) is 24.5 Å². The van der Waals surface area contributed by atoms with E-state index in [4.69, 9.17) is 4.74 Å². The molecule has 1 saturated carbocycles. The number of hydrogen-bond acceptors (Lipinski definition) is 1. The second-order valence-corrected chi connectivity index (χ2v) is 8.48. The summed E-state index contributed by atoms with van der Waals surface area (Å²) in [7, 11) is 0. The van der Waals surface area contributed by atoms with Crippen molar-refractivity contribution >= 4 is 0 Å². The molecule has 150 valence electrons. The molecule has 1 nitrogen and oxygen atoms in total. The van der Waals surface area contributed by atoms with Gasteiger partial charge in [-0.15, -0.1) is 0 Å². The lowest BCUT2D eigenvalue weighted by Crippen LogP contribution is -2.13. The molecule has 2 aromatic rings. The lowest BCUT2D eigenvalue weighted by molar-refractivity contribution is 0.295. The summed E-state index contributed by atoms with van der Waals surface area (Å²) >= 11 is 0. The molecule has 0 unspecified atom stereocenters. The molecule has 2 aliphatic carbocycles. The Balaban J connectivity index is 1.57. The van der Waals surface area contributed by atoms with Gasteiger partial charge in [0.1, 0.15) is 0 Å². The van der Waals surface area contributed by atoms with Crippen LogP contribution < -0.4 is 4.74 Å². The molecule has 0 aliphatic heterocycles. The van der Waals surface area contributed by atoms with E-state index in [1.165, 1.54) is 44.1 Å². The minimum absolute atomic E-state index is 0.0420. The predicted octanol–water partition coefficient (Wildman–Crippen LogP) is 7.40. The van der Waals surface area contributed by atoms with Gasteiger partial charge in [0, 0.05) is 5.56 Å². The van der Waals surface area contributed by atoms with Gasteiger partial charge in [-0.25, -0.2) is 4.39 Å². The van der Waals surface area contributed by atoms with Crippen LogP contribution >= 0.6 is 0 Å². The summed E-state index contributed by atoms with van der Waals surface area (Å²) in [5, 5.41) is 0. The molecule has 0 atom stereocenters. The van der Waals surface area contributed by atoms with Crippen molar-refractivity contribution in [2.24, 2.45) is 5.92 Å². The maximum absolute atomic E-state index is 14.8. The standard InChI is InChI=1S/C25H30F2O/c1-3-5-16-6-8-17(9-7-16)18-10-11-21-19(13-18)14-20-15-22(28-12-4-2)24(26)25(27)23(20)21/h10-11,13,15-17H,3-9,12,14H2,1-2H3.